The van der Waals surface area contributed by atoms with Crippen molar-refractivity contribution < 1.29 is 8.78 Å². The number of halogens is 2. The van der Waals surface area contributed by atoms with Gasteiger partial charge in [0.25, 0.3) is 0 Å². The Hall–Kier alpha value is -0.700. The summed E-state index contributed by atoms with van der Waals surface area (Å²) in [5.74, 6) is -0.962. The summed E-state index contributed by atoms with van der Waals surface area (Å²) in [6, 6.07) is 0. The molecule has 0 spiro atoms. The summed E-state index contributed by atoms with van der Waals surface area (Å²) < 4.78 is 26.2. The molecular weight excluding hydrogens is 172 g/mol. The van der Waals surface area contributed by atoms with Crippen LogP contribution >= 0.6 is 0 Å². The number of nitrogens with two attached hydrogens (primary N) is 1. The van der Waals surface area contributed by atoms with Gasteiger partial charge in [0.1, 0.15) is 11.7 Å². The zero-order valence-electron chi connectivity index (χ0n) is 8.24. The Morgan fingerprint density at radius 2 is 1.92 bits per heavy atom. The van der Waals surface area contributed by atoms with Crippen molar-refractivity contribution in [1.29, 1.82) is 0 Å². The summed E-state index contributed by atoms with van der Waals surface area (Å²) in [7, 11) is 0. The van der Waals surface area contributed by atoms with Gasteiger partial charge in [0.2, 0.25) is 0 Å². The zero-order valence-corrected chi connectivity index (χ0v) is 8.24. The molecule has 0 unspecified atom stereocenters. The molecule has 0 heterocycles. The molecule has 0 atom stereocenters. The highest BCUT2D eigenvalue weighted by Gasteiger charge is 2.07. The maximum absolute atomic E-state index is 13.2. The first-order valence-electron chi connectivity index (χ1n) is 4.60. The van der Waals surface area contributed by atoms with Gasteiger partial charge in [0.05, 0.1) is 0 Å². The van der Waals surface area contributed by atoms with Gasteiger partial charge in [-0.05, 0) is 18.9 Å². The lowest BCUT2D eigenvalue weighted by Gasteiger charge is -2.03. The van der Waals surface area contributed by atoms with Crippen molar-refractivity contribution in [3.8, 4) is 0 Å². The molecule has 0 aromatic rings. The van der Waals surface area contributed by atoms with Crippen LogP contribution in [0.5, 0.6) is 0 Å². The van der Waals surface area contributed by atoms with E-state index in [-0.39, 0.29) is 18.5 Å². The molecule has 0 radical (unpaired) electrons. The van der Waals surface area contributed by atoms with Gasteiger partial charge in [-0.3, -0.25) is 0 Å². The van der Waals surface area contributed by atoms with Crippen molar-refractivity contribution in [1.82, 2.24) is 0 Å². The van der Waals surface area contributed by atoms with Crippen LogP contribution in [0.1, 0.15) is 33.1 Å². The second kappa shape index (κ2) is 6.78. The van der Waals surface area contributed by atoms with Crippen molar-refractivity contribution in [3.63, 3.8) is 0 Å². The molecule has 0 aromatic heterocycles. The van der Waals surface area contributed by atoms with Gasteiger partial charge in [-0.15, -0.1) is 0 Å². The fourth-order valence-electron chi connectivity index (χ4n) is 0.945. The van der Waals surface area contributed by atoms with Gasteiger partial charge in [-0.1, -0.05) is 20.3 Å². The molecule has 0 aromatic carbocycles. The number of allylic oxidation sites excluding steroid dienone is 2. The van der Waals surface area contributed by atoms with E-state index in [2.05, 4.69) is 0 Å². The van der Waals surface area contributed by atoms with Crippen LogP contribution < -0.4 is 5.73 Å². The molecule has 0 saturated heterocycles. The van der Waals surface area contributed by atoms with Crippen molar-refractivity contribution in [2.75, 3.05) is 6.54 Å². The summed E-state index contributed by atoms with van der Waals surface area (Å²) >= 11 is 0. The van der Waals surface area contributed by atoms with Crippen molar-refractivity contribution in [3.05, 3.63) is 23.3 Å². The fraction of sp³-hybridized carbons (Fsp3) is 0.600. The molecule has 3 heteroatoms. The average molecular weight is 189 g/mol. The van der Waals surface area contributed by atoms with E-state index in [1.807, 2.05) is 6.92 Å². The Morgan fingerprint density at radius 3 is 2.31 bits per heavy atom. The van der Waals surface area contributed by atoms with Crippen LogP contribution in [-0.2, 0) is 0 Å². The van der Waals surface area contributed by atoms with Crippen LogP contribution in [0.4, 0.5) is 8.78 Å². The van der Waals surface area contributed by atoms with E-state index in [0.29, 0.717) is 6.42 Å². The second-order valence-electron chi connectivity index (χ2n) is 2.78. The Balaban J connectivity index is 4.58. The van der Waals surface area contributed by atoms with Gasteiger partial charge >= 0.3 is 0 Å². The largest absolute Gasteiger partial charge is 0.326 e. The lowest BCUT2D eigenvalue weighted by atomic mass is 10.1. The molecule has 0 bridgehead atoms. The van der Waals surface area contributed by atoms with E-state index in [0.717, 1.165) is 6.42 Å². The fourth-order valence-corrected chi connectivity index (χ4v) is 0.945. The monoisotopic (exact) mass is 189 g/mol. The predicted molar refractivity (Wildman–Crippen MR) is 51.6 cm³/mol. The molecule has 0 fully saturated rings. The normalized spacial score (nSPS) is 14.4. The van der Waals surface area contributed by atoms with Crippen LogP contribution in [0.25, 0.3) is 0 Å². The predicted octanol–water partition coefficient (Wildman–Crippen LogP) is 3.23. The first kappa shape index (κ1) is 12.3. The second-order valence-corrected chi connectivity index (χ2v) is 2.78. The minimum Gasteiger partial charge on any atom is -0.326 e. The van der Waals surface area contributed by atoms with E-state index < -0.39 is 11.7 Å². The molecule has 13 heavy (non-hydrogen) atoms. The lowest BCUT2D eigenvalue weighted by Crippen LogP contribution is -2.05. The lowest BCUT2D eigenvalue weighted by molar-refractivity contribution is 0.563. The quantitative estimate of drug-likeness (QED) is 0.660. The molecule has 0 aliphatic rings. The van der Waals surface area contributed by atoms with E-state index in [9.17, 15) is 8.78 Å². The minimum absolute atomic E-state index is 0.0101. The highest BCUT2D eigenvalue weighted by molar-refractivity contribution is 5.29. The van der Waals surface area contributed by atoms with Crippen molar-refractivity contribution >= 4 is 0 Å². The summed E-state index contributed by atoms with van der Waals surface area (Å²) in [6.07, 6.45) is 3.04. The molecule has 0 saturated carbocycles. The Morgan fingerprint density at radius 1 is 1.31 bits per heavy atom. The first-order valence-corrected chi connectivity index (χ1v) is 4.60. The highest BCUT2D eigenvalue weighted by atomic mass is 19.1. The van der Waals surface area contributed by atoms with Crippen LogP contribution in [0.3, 0.4) is 0 Å². The number of unbranched alkanes of at least 4 members (excludes halogenated alkanes) is 1. The molecule has 1 nitrogen and oxygen atoms in total. The van der Waals surface area contributed by atoms with Crippen LogP contribution in [0.15, 0.2) is 23.3 Å². The number of rotatable bonds is 5. The number of hydrogen-bond acceptors (Lipinski definition) is 1. The van der Waals surface area contributed by atoms with E-state index >= 15 is 0 Å². The van der Waals surface area contributed by atoms with E-state index in [1.165, 1.54) is 6.08 Å². The minimum atomic E-state index is -0.510. The smallest absolute Gasteiger partial charge is 0.126 e. The Bertz CT molecular complexity index is 207. The summed E-state index contributed by atoms with van der Waals surface area (Å²) in [6.45, 7) is 3.50. The van der Waals surface area contributed by atoms with Crippen LogP contribution in [-0.4, -0.2) is 6.54 Å². The third-order valence-corrected chi connectivity index (χ3v) is 1.74. The van der Waals surface area contributed by atoms with Gasteiger partial charge in [-0.25, -0.2) is 8.78 Å². The third kappa shape index (κ3) is 4.18. The maximum atomic E-state index is 13.2. The molecule has 0 rings (SSSR count). The molecule has 76 valence electrons. The average Bonchev–Trinajstić information content (AvgIpc) is 2.15. The molecular formula is C10H17F2N. The van der Waals surface area contributed by atoms with Gasteiger partial charge in [0, 0.05) is 12.1 Å². The van der Waals surface area contributed by atoms with E-state index in [4.69, 9.17) is 5.73 Å². The van der Waals surface area contributed by atoms with Gasteiger partial charge < -0.3 is 5.73 Å². The van der Waals surface area contributed by atoms with Gasteiger partial charge in [-0.2, -0.15) is 0 Å². The maximum Gasteiger partial charge on any atom is 0.126 e. The summed E-state index contributed by atoms with van der Waals surface area (Å²) in [5.41, 5.74) is 5.25. The number of hydrogen-bond donors (Lipinski definition) is 1. The summed E-state index contributed by atoms with van der Waals surface area (Å²) in [4.78, 5) is 0. The van der Waals surface area contributed by atoms with Crippen molar-refractivity contribution in [2.24, 2.45) is 5.73 Å². The molecule has 0 amide bonds. The summed E-state index contributed by atoms with van der Waals surface area (Å²) in [5, 5.41) is 0. The SMILES string of the molecule is CCC/C=C(F)\C(CN)=C(\F)CC. The highest BCUT2D eigenvalue weighted by Crippen LogP contribution is 2.19. The molecule has 2 N–H and O–H groups in total. The van der Waals surface area contributed by atoms with E-state index in [1.54, 1.807) is 6.92 Å². The van der Waals surface area contributed by atoms with Crippen LogP contribution in [0.2, 0.25) is 0 Å². The Kier molecular flexibility index (Phi) is 6.41. The zero-order chi connectivity index (χ0) is 10.3. The topological polar surface area (TPSA) is 26.0 Å². The van der Waals surface area contributed by atoms with Gasteiger partial charge in [0.15, 0.2) is 0 Å². The standard InChI is InChI=1S/C10H17F2N/c1-3-5-6-10(12)8(7-13)9(11)4-2/h6H,3-5,7,13H2,1-2H3/b9-8+,10-6+. The molecule has 0 aliphatic heterocycles. The first-order chi connectivity index (χ1) is 6.17. The van der Waals surface area contributed by atoms with Crippen molar-refractivity contribution in [2.45, 2.75) is 33.1 Å². The molecule has 0 aliphatic carbocycles. The Labute approximate surface area is 78.3 Å². The third-order valence-electron chi connectivity index (χ3n) is 1.74. The van der Waals surface area contributed by atoms with Crippen LogP contribution in [0, 0.1) is 0 Å².